The Balaban J connectivity index is 2.09. The Morgan fingerprint density at radius 3 is 2.93 bits per heavy atom. The van der Waals surface area contributed by atoms with Crippen LogP contribution in [-0.2, 0) is 13.0 Å². The van der Waals surface area contributed by atoms with Gasteiger partial charge in [-0.2, -0.15) is 0 Å². The molecule has 0 atom stereocenters. The number of hydrogen-bond donors (Lipinski definition) is 2. The van der Waals surface area contributed by atoms with Crippen LogP contribution in [0.4, 0.5) is 5.95 Å². The molecule has 80 valence electrons. The standard InChI is InChI=1S/C11H16N4/c1-12-11-14-9-4-5-13-6-8(9)10(15-11)7-2-3-7/h7,13H,2-6H2,1H3,(H,12,14,15). The molecule has 2 N–H and O–H groups in total. The molecule has 0 spiro atoms. The Bertz CT molecular complexity index is 384. The molecule has 2 heterocycles. The van der Waals surface area contributed by atoms with Crippen LogP contribution in [0.3, 0.4) is 0 Å². The highest BCUT2D eigenvalue weighted by atomic mass is 15.1. The fourth-order valence-electron chi connectivity index (χ4n) is 2.18. The second kappa shape index (κ2) is 3.45. The van der Waals surface area contributed by atoms with Gasteiger partial charge in [-0.05, 0) is 12.8 Å². The molecular formula is C11H16N4. The van der Waals surface area contributed by atoms with Crippen molar-refractivity contribution in [1.82, 2.24) is 15.3 Å². The van der Waals surface area contributed by atoms with E-state index in [1.165, 1.54) is 29.8 Å². The van der Waals surface area contributed by atoms with Crippen molar-refractivity contribution in [2.45, 2.75) is 31.7 Å². The van der Waals surface area contributed by atoms with Crippen LogP contribution in [-0.4, -0.2) is 23.6 Å². The lowest BCUT2D eigenvalue weighted by Crippen LogP contribution is -2.26. The van der Waals surface area contributed by atoms with E-state index >= 15 is 0 Å². The lowest BCUT2D eigenvalue weighted by molar-refractivity contribution is 0.617. The predicted molar refractivity (Wildman–Crippen MR) is 59.0 cm³/mol. The second-order valence-corrected chi connectivity index (χ2v) is 4.31. The zero-order valence-corrected chi connectivity index (χ0v) is 9.01. The van der Waals surface area contributed by atoms with Crippen molar-refractivity contribution in [2.24, 2.45) is 0 Å². The Hall–Kier alpha value is -1.16. The molecule has 15 heavy (non-hydrogen) atoms. The minimum atomic E-state index is 0.703. The molecule has 0 unspecified atom stereocenters. The van der Waals surface area contributed by atoms with Crippen molar-refractivity contribution >= 4 is 5.95 Å². The van der Waals surface area contributed by atoms with Crippen molar-refractivity contribution in [2.75, 3.05) is 18.9 Å². The lowest BCUT2D eigenvalue weighted by atomic mass is 10.0. The van der Waals surface area contributed by atoms with Crippen molar-refractivity contribution in [3.63, 3.8) is 0 Å². The van der Waals surface area contributed by atoms with Gasteiger partial charge in [0.15, 0.2) is 0 Å². The van der Waals surface area contributed by atoms with Gasteiger partial charge in [-0.1, -0.05) is 0 Å². The first-order valence-corrected chi connectivity index (χ1v) is 5.66. The second-order valence-electron chi connectivity index (χ2n) is 4.31. The van der Waals surface area contributed by atoms with Gasteiger partial charge < -0.3 is 10.6 Å². The molecule has 0 amide bonds. The molecule has 1 fully saturated rings. The minimum absolute atomic E-state index is 0.703. The first kappa shape index (κ1) is 9.09. The number of nitrogens with one attached hydrogen (secondary N) is 2. The maximum absolute atomic E-state index is 4.60. The van der Waals surface area contributed by atoms with Gasteiger partial charge in [-0.3, -0.25) is 0 Å². The van der Waals surface area contributed by atoms with Crippen LogP contribution in [0.5, 0.6) is 0 Å². The molecule has 1 aliphatic carbocycles. The number of rotatable bonds is 2. The van der Waals surface area contributed by atoms with Gasteiger partial charge in [0.1, 0.15) is 0 Å². The van der Waals surface area contributed by atoms with Gasteiger partial charge in [0.25, 0.3) is 0 Å². The molecule has 4 nitrogen and oxygen atoms in total. The van der Waals surface area contributed by atoms with Crippen LogP contribution in [0.15, 0.2) is 0 Å². The fraction of sp³-hybridized carbons (Fsp3) is 0.636. The first-order valence-electron chi connectivity index (χ1n) is 5.66. The van der Waals surface area contributed by atoms with Gasteiger partial charge in [0.2, 0.25) is 5.95 Å². The van der Waals surface area contributed by atoms with Crippen LogP contribution in [0, 0.1) is 0 Å². The van der Waals surface area contributed by atoms with Crippen LogP contribution < -0.4 is 10.6 Å². The molecule has 0 aromatic carbocycles. The summed E-state index contributed by atoms with van der Waals surface area (Å²) in [5, 5.41) is 6.46. The maximum Gasteiger partial charge on any atom is 0.222 e. The van der Waals surface area contributed by atoms with Crippen LogP contribution >= 0.6 is 0 Å². The average molecular weight is 204 g/mol. The number of fused-ring (bicyclic) bond motifs is 1. The zero-order chi connectivity index (χ0) is 10.3. The molecule has 0 radical (unpaired) electrons. The summed E-state index contributed by atoms with van der Waals surface area (Å²) in [5.41, 5.74) is 3.90. The quantitative estimate of drug-likeness (QED) is 0.755. The highest BCUT2D eigenvalue weighted by Crippen LogP contribution is 2.41. The van der Waals surface area contributed by atoms with Crippen molar-refractivity contribution in [3.05, 3.63) is 17.0 Å². The predicted octanol–water partition coefficient (Wildman–Crippen LogP) is 1.04. The van der Waals surface area contributed by atoms with Crippen molar-refractivity contribution in [3.8, 4) is 0 Å². The molecule has 1 aromatic heterocycles. The number of anilines is 1. The summed E-state index contributed by atoms with van der Waals surface area (Å²) in [6.45, 7) is 1.99. The van der Waals surface area contributed by atoms with E-state index in [0.717, 1.165) is 25.5 Å². The van der Waals surface area contributed by atoms with Crippen molar-refractivity contribution in [1.29, 1.82) is 0 Å². The molecule has 2 aliphatic rings. The van der Waals surface area contributed by atoms with E-state index in [0.29, 0.717) is 5.92 Å². The summed E-state index contributed by atoms with van der Waals surface area (Å²) in [4.78, 5) is 9.14. The monoisotopic (exact) mass is 204 g/mol. The van der Waals surface area contributed by atoms with Gasteiger partial charge in [-0.15, -0.1) is 0 Å². The molecular weight excluding hydrogens is 188 g/mol. The minimum Gasteiger partial charge on any atom is -0.357 e. The molecule has 3 rings (SSSR count). The molecule has 0 saturated heterocycles. The third-order valence-corrected chi connectivity index (χ3v) is 3.15. The van der Waals surface area contributed by atoms with E-state index in [4.69, 9.17) is 0 Å². The summed E-state index contributed by atoms with van der Waals surface area (Å²) in [6, 6.07) is 0. The SMILES string of the molecule is CNc1nc2c(c(C3CC3)n1)CNCC2. The first-order chi connectivity index (χ1) is 7.38. The normalized spacial score (nSPS) is 19.8. The van der Waals surface area contributed by atoms with Crippen LogP contribution in [0.25, 0.3) is 0 Å². The smallest absolute Gasteiger partial charge is 0.222 e. The van der Waals surface area contributed by atoms with E-state index in [1.54, 1.807) is 0 Å². The lowest BCUT2D eigenvalue weighted by Gasteiger charge is -2.19. The van der Waals surface area contributed by atoms with Crippen LogP contribution in [0.1, 0.15) is 35.7 Å². The fourth-order valence-corrected chi connectivity index (χ4v) is 2.18. The number of aromatic nitrogens is 2. The Morgan fingerprint density at radius 1 is 1.33 bits per heavy atom. The summed E-state index contributed by atoms with van der Waals surface area (Å²) in [6.07, 6.45) is 3.63. The van der Waals surface area contributed by atoms with Gasteiger partial charge in [-0.25, -0.2) is 9.97 Å². The number of hydrogen-bond acceptors (Lipinski definition) is 4. The summed E-state index contributed by atoms with van der Waals surface area (Å²) >= 11 is 0. The van der Waals surface area contributed by atoms with Crippen molar-refractivity contribution < 1.29 is 0 Å². The third kappa shape index (κ3) is 1.59. The van der Waals surface area contributed by atoms with Gasteiger partial charge in [0.05, 0.1) is 11.4 Å². The summed E-state index contributed by atoms with van der Waals surface area (Å²) in [5.74, 6) is 1.49. The zero-order valence-electron chi connectivity index (χ0n) is 9.01. The van der Waals surface area contributed by atoms with E-state index in [-0.39, 0.29) is 0 Å². The Kier molecular flexibility index (Phi) is 2.09. The molecule has 1 aromatic rings. The van der Waals surface area contributed by atoms with E-state index in [1.807, 2.05) is 7.05 Å². The summed E-state index contributed by atoms with van der Waals surface area (Å²) in [7, 11) is 1.89. The van der Waals surface area contributed by atoms with Crippen LogP contribution in [0.2, 0.25) is 0 Å². The topological polar surface area (TPSA) is 49.8 Å². The third-order valence-electron chi connectivity index (χ3n) is 3.15. The Labute approximate surface area is 89.5 Å². The van der Waals surface area contributed by atoms with Gasteiger partial charge in [0, 0.05) is 38.0 Å². The van der Waals surface area contributed by atoms with E-state index < -0.39 is 0 Å². The molecule has 0 bridgehead atoms. The van der Waals surface area contributed by atoms with E-state index in [9.17, 15) is 0 Å². The van der Waals surface area contributed by atoms with E-state index in [2.05, 4.69) is 20.6 Å². The highest BCUT2D eigenvalue weighted by molar-refractivity contribution is 5.38. The maximum atomic E-state index is 4.60. The Morgan fingerprint density at radius 2 is 2.20 bits per heavy atom. The largest absolute Gasteiger partial charge is 0.357 e. The molecule has 1 saturated carbocycles. The molecule has 1 aliphatic heterocycles. The highest BCUT2D eigenvalue weighted by Gasteiger charge is 2.30. The van der Waals surface area contributed by atoms with Gasteiger partial charge >= 0.3 is 0 Å². The average Bonchev–Trinajstić information content (AvgIpc) is 3.11. The molecule has 4 heteroatoms. The number of nitrogens with zero attached hydrogens (tertiary/aromatic N) is 2. The summed E-state index contributed by atoms with van der Waals surface area (Å²) < 4.78 is 0.